The first-order chi connectivity index (χ1) is 14.4. The van der Waals surface area contributed by atoms with Crippen LogP contribution in [0.1, 0.15) is 38.8 Å². The maximum atomic E-state index is 14.0. The van der Waals surface area contributed by atoms with Crippen LogP contribution in [0, 0.1) is 5.41 Å². The van der Waals surface area contributed by atoms with Crippen molar-refractivity contribution < 1.29 is 19.2 Å². The number of carbonyl (C=O) groups is 4. The number of benzene rings is 2. The van der Waals surface area contributed by atoms with Crippen molar-refractivity contribution in [2.24, 2.45) is 5.41 Å². The first-order valence-corrected chi connectivity index (χ1v) is 10.3. The number of likely N-dealkylation sites (N-methyl/N-ethyl adjacent to an activating group) is 2. The van der Waals surface area contributed by atoms with E-state index in [0.717, 1.165) is 0 Å². The predicted octanol–water partition coefficient (Wildman–Crippen LogP) is 3.02. The monoisotopic (exact) mass is 418 g/mol. The summed E-state index contributed by atoms with van der Waals surface area (Å²) in [6.45, 7) is 6.20. The molecule has 0 fully saturated rings. The minimum atomic E-state index is -1.58. The van der Waals surface area contributed by atoms with Gasteiger partial charge in [0, 0.05) is 25.5 Å². The zero-order valence-electron chi connectivity index (χ0n) is 18.6. The van der Waals surface area contributed by atoms with Gasteiger partial charge >= 0.3 is 0 Å². The molecule has 2 heterocycles. The molecule has 31 heavy (non-hydrogen) atoms. The largest absolute Gasteiger partial charge is 0.314 e. The van der Waals surface area contributed by atoms with Crippen molar-refractivity contribution in [2.45, 2.75) is 38.5 Å². The SMILES string of the molecule is CN1C(=O)[C@@](C)(C(=O)C(C)(C)C(=O)[C@@]2(C)C(=O)N(C)c3ccccc32)c2ccccc21. The minimum absolute atomic E-state index is 0.375. The molecule has 6 nitrogen and oxygen atoms in total. The predicted molar refractivity (Wildman–Crippen MR) is 118 cm³/mol. The van der Waals surface area contributed by atoms with Crippen molar-refractivity contribution >= 4 is 34.8 Å². The fourth-order valence-corrected chi connectivity index (χ4v) is 5.29. The second-order valence-corrected chi connectivity index (χ2v) is 9.30. The Morgan fingerprint density at radius 3 is 1.39 bits per heavy atom. The van der Waals surface area contributed by atoms with E-state index in [2.05, 4.69) is 0 Å². The van der Waals surface area contributed by atoms with Crippen LogP contribution < -0.4 is 9.80 Å². The Balaban J connectivity index is 1.83. The summed E-state index contributed by atoms with van der Waals surface area (Å²) in [5, 5.41) is 0. The van der Waals surface area contributed by atoms with Crippen LogP contribution in [0.4, 0.5) is 11.4 Å². The van der Waals surface area contributed by atoms with Crippen LogP contribution >= 0.6 is 0 Å². The Hall–Kier alpha value is -3.28. The van der Waals surface area contributed by atoms with Gasteiger partial charge in [0.25, 0.3) is 0 Å². The van der Waals surface area contributed by atoms with Gasteiger partial charge in [0.2, 0.25) is 11.8 Å². The van der Waals surface area contributed by atoms with E-state index in [1.165, 1.54) is 23.6 Å². The van der Waals surface area contributed by atoms with Crippen LogP contribution in [-0.2, 0) is 30.0 Å². The molecule has 0 radical (unpaired) electrons. The number of amides is 2. The lowest BCUT2D eigenvalue weighted by atomic mass is 9.62. The molecule has 4 rings (SSSR count). The van der Waals surface area contributed by atoms with E-state index in [4.69, 9.17) is 0 Å². The Bertz CT molecular complexity index is 1080. The summed E-state index contributed by atoms with van der Waals surface area (Å²) >= 11 is 0. The van der Waals surface area contributed by atoms with Crippen LogP contribution in [0.15, 0.2) is 48.5 Å². The molecule has 2 aliphatic heterocycles. The Labute approximate surface area is 181 Å². The molecule has 2 aliphatic rings. The molecule has 0 aliphatic carbocycles. The fourth-order valence-electron chi connectivity index (χ4n) is 5.29. The average molecular weight is 418 g/mol. The number of hydrogen-bond acceptors (Lipinski definition) is 4. The molecule has 2 aromatic rings. The molecule has 2 atom stereocenters. The molecular formula is C25H26N2O4. The Kier molecular flexibility index (Phi) is 4.30. The quantitative estimate of drug-likeness (QED) is 0.716. The number of rotatable bonds is 4. The smallest absolute Gasteiger partial charge is 0.244 e. The number of fused-ring (bicyclic) bond motifs is 2. The summed E-state index contributed by atoms with van der Waals surface area (Å²) in [6.07, 6.45) is 0. The van der Waals surface area contributed by atoms with Gasteiger partial charge in [0.05, 0.1) is 5.41 Å². The second-order valence-electron chi connectivity index (χ2n) is 9.30. The number of hydrogen-bond donors (Lipinski definition) is 0. The third-order valence-electron chi connectivity index (χ3n) is 7.12. The maximum Gasteiger partial charge on any atom is 0.244 e. The molecule has 160 valence electrons. The number of anilines is 2. The van der Waals surface area contributed by atoms with Gasteiger partial charge < -0.3 is 9.80 Å². The second kappa shape index (κ2) is 6.36. The van der Waals surface area contributed by atoms with Crippen molar-refractivity contribution in [2.75, 3.05) is 23.9 Å². The van der Waals surface area contributed by atoms with Crippen LogP contribution in [0.5, 0.6) is 0 Å². The van der Waals surface area contributed by atoms with Gasteiger partial charge in [-0.2, -0.15) is 0 Å². The zero-order chi connectivity index (χ0) is 22.9. The van der Waals surface area contributed by atoms with Crippen molar-refractivity contribution in [1.82, 2.24) is 0 Å². The summed E-state index contributed by atoms with van der Waals surface area (Å²) in [5.41, 5.74) is -2.13. The summed E-state index contributed by atoms with van der Waals surface area (Å²) < 4.78 is 0. The normalized spacial score (nSPS) is 25.0. The highest BCUT2D eigenvalue weighted by Crippen LogP contribution is 2.49. The molecule has 0 saturated heterocycles. The van der Waals surface area contributed by atoms with Crippen LogP contribution in [0.25, 0.3) is 0 Å². The lowest BCUT2D eigenvalue weighted by molar-refractivity contribution is -0.148. The highest BCUT2D eigenvalue weighted by Gasteiger charge is 2.62. The zero-order valence-corrected chi connectivity index (χ0v) is 18.6. The molecule has 2 aromatic carbocycles. The van der Waals surface area contributed by atoms with Crippen LogP contribution in [0.2, 0.25) is 0 Å². The summed E-state index contributed by atoms with van der Waals surface area (Å²) in [7, 11) is 3.25. The van der Waals surface area contributed by atoms with E-state index < -0.39 is 27.8 Å². The van der Waals surface area contributed by atoms with Crippen LogP contribution in [0.3, 0.4) is 0 Å². The maximum absolute atomic E-state index is 14.0. The number of carbonyl (C=O) groups excluding carboxylic acids is 4. The van der Waals surface area contributed by atoms with Gasteiger partial charge in [0.15, 0.2) is 11.6 Å². The van der Waals surface area contributed by atoms with Crippen molar-refractivity contribution in [1.29, 1.82) is 0 Å². The highest BCUT2D eigenvalue weighted by atomic mass is 16.2. The van der Waals surface area contributed by atoms with Gasteiger partial charge in [-0.3, -0.25) is 19.2 Å². The molecule has 0 bridgehead atoms. The first kappa shape index (κ1) is 21.0. The van der Waals surface area contributed by atoms with Crippen molar-refractivity contribution in [3.8, 4) is 0 Å². The van der Waals surface area contributed by atoms with E-state index >= 15 is 0 Å². The van der Waals surface area contributed by atoms with E-state index in [1.54, 1.807) is 76.5 Å². The Morgan fingerprint density at radius 2 is 1.03 bits per heavy atom. The van der Waals surface area contributed by atoms with Gasteiger partial charge in [-0.05, 0) is 51.0 Å². The third-order valence-corrected chi connectivity index (χ3v) is 7.12. The number of Topliss-reactive ketones (excluding diaryl/α,β-unsaturated/α-hetero) is 2. The van der Waals surface area contributed by atoms with Gasteiger partial charge in [-0.25, -0.2) is 0 Å². The standard InChI is InChI=1S/C25H26N2O4/c1-23(2,19(28)24(3)15-11-7-9-13-17(15)26(5)21(24)30)20(29)25(4)16-12-8-10-14-18(16)27(6)22(25)31/h7-14H,1-6H3/t24-,25+. The fraction of sp³-hybridized carbons (Fsp3) is 0.360. The molecular weight excluding hydrogens is 392 g/mol. The molecule has 0 saturated carbocycles. The molecule has 0 N–H and O–H groups in total. The van der Waals surface area contributed by atoms with Crippen molar-refractivity contribution in [3.63, 3.8) is 0 Å². The van der Waals surface area contributed by atoms with E-state index in [9.17, 15) is 19.2 Å². The molecule has 0 unspecified atom stereocenters. The van der Waals surface area contributed by atoms with Gasteiger partial charge in [-0.15, -0.1) is 0 Å². The lowest BCUT2D eigenvalue weighted by Gasteiger charge is -2.36. The van der Waals surface area contributed by atoms with Crippen molar-refractivity contribution in [3.05, 3.63) is 59.7 Å². The number of para-hydroxylation sites is 2. The topological polar surface area (TPSA) is 74.8 Å². The van der Waals surface area contributed by atoms with E-state index in [1.807, 2.05) is 0 Å². The average Bonchev–Trinajstić information content (AvgIpc) is 3.10. The molecule has 0 spiro atoms. The number of nitrogens with zero attached hydrogens (tertiary/aromatic N) is 2. The van der Waals surface area contributed by atoms with E-state index in [0.29, 0.717) is 22.5 Å². The lowest BCUT2D eigenvalue weighted by Crippen LogP contribution is -2.56. The molecule has 2 amide bonds. The summed E-state index contributed by atoms with van der Waals surface area (Å²) in [6, 6.07) is 14.2. The highest BCUT2D eigenvalue weighted by molar-refractivity contribution is 6.32. The molecule has 0 aromatic heterocycles. The van der Waals surface area contributed by atoms with E-state index in [-0.39, 0.29) is 11.8 Å². The summed E-state index contributed by atoms with van der Waals surface area (Å²) in [4.78, 5) is 57.3. The van der Waals surface area contributed by atoms with Gasteiger partial charge in [0.1, 0.15) is 10.8 Å². The number of ketones is 2. The minimum Gasteiger partial charge on any atom is -0.314 e. The Morgan fingerprint density at radius 1 is 0.710 bits per heavy atom. The van der Waals surface area contributed by atoms with Gasteiger partial charge in [-0.1, -0.05) is 36.4 Å². The third kappa shape index (κ3) is 2.39. The summed E-state index contributed by atoms with van der Waals surface area (Å²) in [5.74, 6) is -1.76. The van der Waals surface area contributed by atoms with Crippen LogP contribution in [-0.4, -0.2) is 37.5 Å². The molecule has 6 heteroatoms. The first-order valence-electron chi connectivity index (χ1n) is 10.3.